The zero-order valence-electron chi connectivity index (χ0n) is 10.3. The van der Waals surface area contributed by atoms with Gasteiger partial charge in [0.25, 0.3) is 10.0 Å². The minimum atomic E-state index is -3.62. The maximum atomic E-state index is 12.3. The number of nitrogen functional groups attached to an aromatic ring is 1. The van der Waals surface area contributed by atoms with E-state index in [-0.39, 0.29) is 17.4 Å². The Bertz CT molecular complexity index is 499. The molecule has 0 aromatic carbocycles. The van der Waals surface area contributed by atoms with E-state index in [4.69, 9.17) is 5.73 Å². The third-order valence-corrected chi connectivity index (χ3v) is 4.35. The van der Waals surface area contributed by atoms with E-state index in [1.165, 1.54) is 15.2 Å². The summed E-state index contributed by atoms with van der Waals surface area (Å²) >= 11 is 0. The van der Waals surface area contributed by atoms with E-state index < -0.39 is 10.0 Å². The van der Waals surface area contributed by atoms with Crippen LogP contribution < -0.4 is 5.73 Å². The Hall–Kier alpha value is -1.34. The molecule has 0 bridgehead atoms. The van der Waals surface area contributed by atoms with E-state index in [0.29, 0.717) is 6.54 Å². The molecule has 17 heavy (non-hydrogen) atoms. The van der Waals surface area contributed by atoms with Crippen LogP contribution in [-0.4, -0.2) is 35.4 Å². The van der Waals surface area contributed by atoms with Gasteiger partial charge in [0.1, 0.15) is 0 Å². The lowest BCUT2D eigenvalue weighted by Gasteiger charge is -2.20. The summed E-state index contributed by atoms with van der Waals surface area (Å²) in [7, 11) is -2.01. The Balaban J connectivity index is 3.22. The van der Waals surface area contributed by atoms with Crippen molar-refractivity contribution in [2.45, 2.75) is 18.9 Å². The van der Waals surface area contributed by atoms with Crippen molar-refractivity contribution in [3.05, 3.63) is 18.5 Å². The largest absolute Gasteiger partial charge is 0.381 e. The molecule has 0 amide bonds. The molecule has 0 aliphatic heterocycles. The van der Waals surface area contributed by atoms with Crippen molar-refractivity contribution in [2.75, 3.05) is 18.8 Å². The van der Waals surface area contributed by atoms with Gasteiger partial charge in [0, 0.05) is 20.1 Å². The number of aromatic nitrogens is 2. The van der Waals surface area contributed by atoms with Crippen LogP contribution >= 0.6 is 0 Å². The molecule has 0 atom stereocenters. The monoisotopic (exact) mass is 258 g/mol. The second-order valence-corrected chi connectivity index (χ2v) is 5.79. The van der Waals surface area contributed by atoms with Crippen LogP contribution in [0.1, 0.15) is 13.8 Å². The molecule has 1 aromatic rings. The molecular formula is C10H18N4O2S. The predicted molar refractivity (Wildman–Crippen MR) is 66.9 cm³/mol. The molecule has 96 valence electrons. The van der Waals surface area contributed by atoms with Crippen molar-refractivity contribution in [2.24, 2.45) is 7.05 Å². The fourth-order valence-electron chi connectivity index (χ4n) is 1.54. The molecule has 1 heterocycles. The number of anilines is 1. The SMILES string of the molecule is C=C(C)CN(CC)S(=O)(=O)c1c(N)ncn1C. The Morgan fingerprint density at radius 2 is 2.24 bits per heavy atom. The Kier molecular flexibility index (Phi) is 3.94. The van der Waals surface area contributed by atoms with Gasteiger partial charge in [0.05, 0.1) is 6.33 Å². The number of rotatable bonds is 5. The molecular weight excluding hydrogens is 240 g/mol. The number of likely N-dealkylation sites (N-methyl/N-ethyl adjacent to an activating group) is 1. The van der Waals surface area contributed by atoms with Gasteiger partial charge in [-0.15, -0.1) is 0 Å². The topological polar surface area (TPSA) is 81.2 Å². The molecule has 0 spiro atoms. The average Bonchev–Trinajstić information content (AvgIpc) is 2.54. The highest BCUT2D eigenvalue weighted by Gasteiger charge is 2.28. The van der Waals surface area contributed by atoms with Gasteiger partial charge < -0.3 is 10.3 Å². The molecule has 6 nitrogen and oxygen atoms in total. The molecule has 0 aliphatic rings. The lowest BCUT2D eigenvalue weighted by atomic mass is 10.3. The summed E-state index contributed by atoms with van der Waals surface area (Å²) in [5.74, 6) is 0.0210. The van der Waals surface area contributed by atoms with Crippen LogP contribution in [0.5, 0.6) is 0 Å². The molecule has 0 aliphatic carbocycles. The molecule has 7 heteroatoms. The van der Waals surface area contributed by atoms with Gasteiger partial charge >= 0.3 is 0 Å². The second kappa shape index (κ2) is 4.89. The number of hydrogen-bond donors (Lipinski definition) is 1. The minimum absolute atomic E-state index is 0.0210. The fraction of sp³-hybridized carbons (Fsp3) is 0.500. The maximum Gasteiger partial charge on any atom is 0.262 e. The van der Waals surface area contributed by atoms with E-state index >= 15 is 0 Å². The number of sulfonamides is 1. The van der Waals surface area contributed by atoms with Gasteiger partial charge in [-0.25, -0.2) is 13.4 Å². The van der Waals surface area contributed by atoms with E-state index in [2.05, 4.69) is 11.6 Å². The number of aryl methyl sites for hydroxylation is 1. The van der Waals surface area contributed by atoms with Crippen molar-refractivity contribution in [3.8, 4) is 0 Å². The first-order valence-corrected chi connectivity index (χ1v) is 6.66. The second-order valence-electron chi connectivity index (χ2n) is 3.93. The summed E-state index contributed by atoms with van der Waals surface area (Å²) in [6, 6.07) is 0. The molecule has 0 saturated heterocycles. The molecule has 1 aromatic heterocycles. The normalized spacial score (nSPS) is 12.0. The van der Waals surface area contributed by atoms with Crippen molar-refractivity contribution in [1.29, 1.82) is 0 Å². The minimum Gasteiger partial charge on any atom is -0.381 e. The van der Waals surface area contributed by atoms with Crippen LogP contribution in [-0.2, 0) is 17.1 Å². The van der Waals surface area contributed by atoms with E-state index in [1.54, 1.807) is 20.9 Å². The highest BCUT2D eigenvalue weighted by molar-refractivity contribution is 7.89. The van der Waals surface area contributed by atoms with Crippen LogP contribution in [0.4, 0.5) is 5.82 Å². The maximum absolute atomic E-state index is 12.3. The van der Waals surface area contributed by atoms with E-state index in [1.807, 2.05) is 0 Å². The highest BCUT2D eigenvalue weighted by atomic mass is 32.2. The highest BCUT2D eigenvalue weighted by Crippen LogP contribution is 2.20. The van der Waals surface area contributed by atoms with Gasteiger partial charge in [-0.05, 0) is 6.92 Å². The van der Waals surface area contributed by atoms with Crippen molar-refractivity contribution in [1.82, 2.24) is 13.9 Å². The number of imidazole rings is 1. The molecule has 0 saturated carbocycles. The predicted octanol–water partition coefficient (Wildman–Crippen LogP) is 0.589. The van der Waals surface area contributed by atoms with Gasteiger partial charge in [-0.1, -0.05) is 19.1 Å². The van der Waals surface area contributed by atoms with Crippen molar-refractivity contribution < 1.29 is 8.42 Å². The molecule has 0 unspecified atom stereocenters. The van der Waals surface area contributed by atoms with Gasteiger partial charge in [0.15, 0.2) is 10.8 Å². The van der Waals surface area contributed by atoms with Crippen LogP contribution in [0.15, 0.2) is 23.5 Å². The third-order valence-electron chi connectivity index (χ3n) is 2.29. The van der Waals surface area contributed by atoms with Gasteiger partial charge in [-0.3, -0.25) is 0 Å². The Morgan fingerprint density at radius 3 is 2.59 bits per heavy atom. The summed E-state index contributed by atoms with van der Waals surface area (Å²) in [6.07, 6.45) is 1.39. The number of nitrogens with two attached hydrogens (primary N) is 1. The van der Waals surface area contributed by atoms with E-state index in [9.17, 15) is 8.42 Å². The fourth-order valence-corrected chi connectivity index (χ4v) is 3.24. The van der Waals surface area contributed by atoms with Crippen LogP contribution in [0.25, 0.3) is 0 Å². The van der Waals surface area contributed by atoms with Gasteiger partial charge in [-0.2, -0.15) is 4.31 Å². The lowest BCUT2D eigenvalue weighted by molar-refractivity contribution is 0.447. The zero-order valence-corrected chi connectivity index (χ0v) is 11.2. The standard InChI is InChI=1S/C10H18N4O2S/c1-5-14(6-8(2)3)17(15,16)10-9(11)12-7-13(10)4/h7H,2,5-6,11H2,1,3-4H3. The Morgan fingerprint density at radius 1 is 1.65 bits per heavy atom. The quantitative estimate of drug-likeness (QED) is 0.784. The first-order chi connectivity index (χ1) is 7.80. The summed E-state index contributed by atoms with van der Waals surface area (Å²) in [5.41, 5.74) is 6.36. The lowest BCUT2D eigenvalue weighted by Crippen LogP contribution is -2.33. The van der Waals surface area contributed by atoms with Gasteiger partial charge in [0.2, 0.25) is 0 Å². The molecule has 0 radical (unpaired) electrons. The molecule has 1 rings (SSSR count). The first kappa shape index (κ1) is 13.7. The Labute approximate surface area is 102 Å². The number of nitrogens with zero attached hydrogens (tertiary/aromatic N) is 3. The smallest absolute Gasteiger partial charge is 0.262 e. The zero-order chi connectivity index (χ0) is 13.2. The molecule has 0 fully saturated rings. The van der Waals surface area contributed by atoms with Crippen LogP contribution in [0, 0.1) is 0 Å². The summed E-state index contributed by atoms with van der Waals surface area (Å²) in [6.45, 7) is 7.92. The number of hydrogen-bond acceptors (Lipinski definition) is 4. The average molecular weight is 258 g/mol. The van der Waals surface area contributed by atoms with Crippen molar-refractivity contribution in [3.63, 3.8) is 0 Å². The summed E-state index contributed by atoms with van der Waals surface area (Å²) < 4.78 is 27.4. The van der Waals surface area contributed by atoms with Crippen LogP contribution in [0.3, 0.4) is 0 Å². The third kappa shape index (κ3) is 2.67. The van der Waals surface area contributed by atoms with Crippen molar-refractivity contribution >= 4 is 15.8 Å². The first-order valence-electron chi connectivity index (χ1n) is 5.22. The van der Waals surface area contributed by atoms with E-state index in [0.717, 1.165) is 5.57 Å². The summed E-state index contributed by atoms with van der Waals surface area (Å²) in [4.78, 5) is 3.79. The van der Waals surface area contributed by atoms with Crippen LogP contribution in [0.2, 0.25) is 0 Å². The molecule has 2 N–H and O–H groups in total. The summed E-state index contributed by atoms with van der Waals surface area (Å²) in [5, 5.41) is 0.0283.